The smallest absolute Gasteiger partial charge is 0.268 e. The lowest BCUT2D eigenvalue weighted by atomic mass is 10.1. The summed E-state index contributed by atoms with van der Waals surface area (Å²) in [5, 5.41) is 0. The van der Waals surface area contributed by atoms with Crippen LogP contribution in [0.2, 0.25) is 0 Å². The molecule has 0 fully saturated rings. The quantitative estimate of drug-likeness (QED) is 0.634. The molecule has 0 atom stereocenters. The zero-order chi connectivity index (χ0) is 16.7. The molecule has 22 heavy (non-hydrogen) atoms. The largest absolute Gasteiger partial charge is 0.416 e. The molecule has 114 valence electrons. The van der Waals surface area contributed by atoms with Crippen LogP contribution in [0.25, 0.3) is 0 Å². The fourth-order valence-corrected chi connectivity index (χ4v) is 1.95. The van der Waals surface area contributed by atoms with Gasteiger partial charge in [0.2, 0.25) is 0 Å². The first-order valence-corrected chi connectivity index (χ1v) is 6.13. The molecule has 2 amide bonds. The molecular weight excluding hydrogens is 297 g/mol. The average molecular weight is 308 g/mol. The van der Waals surface area contributed by atoms with Crippen LogP contribution >= 0.6 is 0 Å². The highest BCUT2D eigenvalue weighted by Crippen LogP contribution is 2.34. The third-order valence-corrected chi connectivity index (χ3v) is 3.07. The van der Waals surface area contributed by atoms with E-state index in [2.05, 4.69) is 18.2 Å². The van der Waals surface area contributed by atoms with Crippen LogP contribution in [0.4, 0.5) is 13.2 Å². The van der Waals surface area contributed by atoms with E-state index in [0.717, 1.165) is 12.1 Å². The Morgan fingerprint density at radius 3 is 2.36 bits per heavy atom. The number of halogens is 3. The number of rotatable bonds is 3. The molecule has 0 radical (unpaired) electrons. The fraction of sp³-hybridized carbons (Fsp3) is 0.133. The normalized spacial score (nSPS) is 15.1. The highest BCUT2D eigenvalue weighted by atomic mass is 19.4. The molecule has 1 heterocycles. The Labute approximate surface area is 124 Å². The first-order valence-electron chi connectivity index (χ1n) is 6.13. The van der Waals surface area contributed by atoms with Gasteiger partial charge in [0.25, 0.3) is 11.8 Å². The van der Waals surface area contributed by atoms with E-state index < -0.39 is 23.6 Å². The summed E-state index contributed by atoms with van der Waals surface area (Å²) >= 11 is 0. The molecule has 1 aliphatic rings. The van der Waals surface area contributed by atoms with Gasteiger partial charge in [-0.05, 0) is 31.2 Å². The number of carbonyl (C=O) groups excluding carboxylic acids is 2. The third-order valence-electron chi connectivity index (χ3n) is 3.07. The van der Waals surface area contributed by atoms with E-state index >= 15 is 0 Å². The number of amides is 2. The van der Waals surface area contributed by atoms with Crippen molar-refractivity contribution in [2.24, 2.45) is 4.99 Å². The minimum atomic E-state index is -4.60. The summed E-state index contributed by atoms with van der Waals surface area (Å²) in [4.78, 5) is 28.9. The molecule has 0 saturated carbocycles. The highest BCUT2D eigenvalue weighted by Gasteiger charge is 2.40. The van der Waals surface area contributed by atoms with Crippen molar-refractivity contribution < 1.29 is 22.8 Å². The number of hydrogen-bond acceptors (Lipinski definition) is 3. The SMILES string of the molecule is C=C/C(C)=N\C(=C)N1C(=O)c2ccc(C(F)(F)F)cc2C1=O. The number of carbonyl (C=O) groups is 2. The first kappa shape index (κ1) is 15.7. The second kappa shape index (κ2) is 5.25. The van der Waals surface area contributed by atoms with Crippen LogP contribution in [-0.4, -0.2) is 22.4 Å². The van der Waals surface area contributed by atoms with Gasteiger partial charge < -0.3 is 0 Å². The van der Waals surface area contributed by atoms with Gasteiger partial charge in [0.05, 0.1) is 16.7 Å². The van der Waals surface area contributed by atoms with Gasteiger partial charge in [-0.2, -0.15) is 13.2 Å². The average Bonchev–Trinajstić information content (AvgIpc) is 2.69. The minimum absolute atomic E-state index is 0.106. The zero-order valence-electron chi connectivity index (χ0n) is 11.6. The van der Waals surface area contributed by atoms with E-state index in [-0.39, 0.29) is 16.9 Å². The van der Waals surface area contributed by atoms with Crippen molar-refractivity contribution in [1.29, 1.82) is 0 Å². The highest BCUT2D eigenvalue weighted by molar-refractivity contribution is 6.22. The Bertz CT molecular complexity index is 733. The molecule has 0 N–H and O–H groups in total. The zero-order valence-corrected chi connectivity index (χ0v) is 11.6. The fourth-order valence-electron chi connectivity index (χ4n) is 1.95. The van der Waals surface area contributed by atoms with Gasteiger partial charge in [0.15, 0.2) is 0 Å². The lowest BCUT2D eigenvalue weighted by molar-refractivity contribution is -0.137. The van der Waals surface area contributed by atoms with E-state index in [1.165, 1.54) is 6.08 Å². The molecule has 0 unspecified atom stereocenters. The number of allylic oxidation sites excluding steroid dienone is 1. The topological polar surface area (TPSA) is 49.7 Å². The van der Waals surface area contributed by atoms with E-state index in [0.29, 0.717) is 16.7 Å². The van der Waals surface area contributed by atoms with Crippen molar-refractivity contribution in [3.8, 4) is 0 Å². The van der Waals surface area contributed by atoms with Gasteiger partial charge >= 0.3 is 6.18 Å². The molecule has 4 nitrogen and oxygen atoms in total. The summed E-state index contributed by atoms with van der Waals surface area (Å²) in [5.41, 5.74) is -0.999. The Morgan fingerprint density at radius 2 is 1.82 bits per heavy atom. The van der Waals surface area contributed by atoms with Gasteiger partial charge in [-0.1, -0.05) is 13.2 Å². The van der Waals surface area contributed by atoms with E-state index in [1.54, 1.807) is 6.92 Å². The molecule has 0 aliphatic carbocycles. The van der Waals surface area contributed by atoms with E-state index in [1.807, 2.05) is 0 Å². The van der Waals surface area contributed by atoms with Crippen LogP contribution in [0.1, 0.15) is 33.2 Å². The molecule has 0 aromatic heterocycles. The lowest BCUT2D eigenvalue weighted by Gasteiger charge is -2.12. The van der Waals surface area contributed by atoms with E-state index in [4.69, 9.17) is 0 Å². The third kappa shape index (κ3) is 2.57. The van der Waals surface area contributed by atoms with Crippen LogP contribution < -0.4 is 0 Å². The van der Waals surface area contributed by atoms with Crippen molar-refractivity contribution >= 4 is 17.5 Å². The maximum Gasteiger partial charge on any atom is 0.416 e. The number of benzene rings is 1. The molecular formula is C15H11F3N2O2. The Morgan fingerprint density at radius 1 is 1.23 bits per heavy atom. The van der Waals surface area contributed by atoms with Crippen LogP contribution in [0, 0.1) is 0 Å². The molecule has 1 aliphatic heterocycles. The van der Waals surface area contributed by atoms with Crippen LogP contribution in [-0.2, 0) is 6.18 Å². The van der Waals surface area contributed by atoms with Crippen molar-refractivity contribution in [3.63, 3.8) is 0 Å². The molecule has 7 heteroatoms. The summed E-state index contributed by atoms with van der Waals surface area (Å²) in [6.45, 7) is 8.56. The summed E-state index contributed by atoms with van der Waals surface area (Å²) < 4.78 is 38.1. The summed E-state index contributed by atoms with van der Waals surface area (Å²) in [5.74, 6) is -1.80. The maximum absolute atomic E-state index is 12.7. The predicted octanol–water partition coefficient (Wildman–Crippen LogP) is 3.42. The number of hydrogen-bond donors (Lipinski definition) is 0. The summed E-state index contributed by atoms with van der Waals surface area (Å²) in [6, 6.07) is 2.40. The molecule has 0 bridgehead atoms. The monoisotopic (exact) mass is 308 g/mol. The standard InChI is InChI=1S/C15H11F3N2O2/c1-4-8(2)19-9(3)20-13(21)11-6-5-10(15(16,17)18)7-12(11)14(20)22/h4-7H,1,3H2,2H3/b19-8-. The van der Waals surface area contributed by atoms with Crippen LogP contribution in [0.5, 0.6) is 0 Å². The molecule has 1 aromatic rings. The number of imide groups is 1. The Kier molecular flexibility index (Phi) is 3.74. The van der Waals surface area contributed by atoms with Crippen molar-refractivity contribution in [2.75, 3.05) is 0 Å². The molecule has 2 rings (SSSR count). The lowest BCUT2D eigenvalue weighted by Crippen LogP contribution is -2.28. The number of fused-ring (bicyclic) bond motifs is 1. The summed E-state index contributed by atoms with van der Waals surface area (Å²) in [6.07, 6.45) is -3.20. The Balaban J connectivity index is 2.46. The van der Waals surface area contributed by atoms with Crippen molar-refractivity contribution in [3.05, 3.63) is 59.9 Å². The maximum atomic E-state index is 12.7. The molecule has 1 aromatic carbocycles. The second-order valence-corrected chi connectivity index (χ2v) is 4.58. The summed E-state index contributed by atoms with van der Waals surface area (Å²) in [7, 11) is 0. The van der Waals surface area contributed by atoms with Crippen LogP contribution in [0.15, 0.2) is 48.2 Å². The van der Waals surface area contributed by atoms with Crippen molar-refractivity contribution in [2.45, 2.75) is 13.1 Å². The number of nitrogens with zero attached hydrogens (tertiary/aromatic N) is 2. The predicted molar refractivity (Wildman–Crippen MR) is 74.4 cm³/mol. The Hall–Kier alpha value is -2.70. The van der Waals surface area contributed by atoms with E-state index in [9.17, 15) is 22.8 Å². The van der Waals surface area contributed by atoms with Gasteiger partial charge in [-0.15, -0.1) is 0 Å². The van der Waals surface area contributed by atoms with Gasteiger partial charge in [0, 0.05) is 5.71 Å². The van der Waals surface area contributed by atoms with Gasteiger partial charge in [-0.25, -0.2) is 9.89 Å². The second-order valence-electron chi connectivity index (χ2n) is 4.58. The van der Waals surface area contributed by atoms with Crippen molar-refractivity contribution in [1.82, 2.24) is 4.90 Å². The van der Waals surface area contributed by atoms with Gasteiger partial charge in [-0.3, -0.25) is 9.59 Å². The number of aliphatic imine (C=N–C) groups is 1. The minimum Gasteiger partial charge on any atom is -0.268 e. The van der Waals surface area contributed by atoms with Crippen LogP contribution in [0.3, 0.4) is 0 Å². The number of alkyl halides is 3. The molecule has 0 saturated heterocycles. The van der Waals surface area contributed by atoms with Gasteiger partial charge in [0.1, 0.15) is 5.82 Å². The first-order chi connectivity index (χ1) is 10.2. The molecule has 0 spiro atoms.